The van der Waals surface area contributed by atoms with E-state index in [9.17, 15) is 23.2 Å². The van der Waals surface area contributed by atoms with Crippen LogP contribution in [-0.2, 0) is 14.3 Å². The Balaban J connectivity index is 1.94. The molecule has 0 aromatic heterocycles. The predicted molar refractivity (Wildman–Crippen MR) is 90.8 cm³/mol. The van der Waals surface area contributed by atoms with Gasteiger partial charge in [0.15, 0.2) is 0 Å². The first-order valence-corrected chi connectivity index (χ1v) is 8.71. The van der Waals surface area contributed by atoms with E-state index >= 15 is 0 Å². The quantitative estimate of drug-likeness (QED) is 0.785. The van der Waals surface area contributed by atoms with Crippen LogP contribution in [0.15, 0.2) is 18.2 Å². The molecule has 1 aromatic rings. The molecule has 1 atom stereocenters. The van der Waals surface area contributed by atoms with E-state index in [2.05, 4.69) is 10.6 Å². The number of nitrogens with zero attached hydrogens (tertiary/aromatic N) is 1. The molecule has 2 saturated heterocycles. The van der Waals surface area contributed by atoms with Crippen LogP contribution >= 0.6 is 0 Å². The minimum Gasteiger partial charge on any atom is -0.381 e. The maximum Gasteiger partial charge on any atom is 0.257 e. The SMILES string of the molecule is CC(=O)NC1CN(C(=O)c2cc(F)ccc2F)CC2(CCOCC2)NC1=O. The number of ether oxygens (including phenoxy) is 1. The highest BCUT2D eigenvalue weighted by Crippen LogP contribution is 2.26. The number of carbonyl (C=O) groups excluding carboxylic acids is 3. The van der Waals surface area contributed by atoms with Gasteiger partial charge in [-0.15, -0.1) is 0 Å². The fraction of sp³-hybridized carbons (Fsp3) is 0.500. The molecule has 1 unspecified atom stereocenters. The zero-order chi connectivity index (χ0) is 19.6. The summed E-state index contributed by atoms with van der Waals surface area (Å²) in [5.74, 6) is -3.15. The van der Waals surface area contributed by atoms with Crippen LogP contribution in [0.3, 0.4) is 0 Å². The van der Waals surface area contributed by atoms with Gasteiger partial charge in [0.25, 0.3) is 5.91 Å². The van der Waals surface area contributed by atoms with Crippen molar-refractivity contribution in [1.82, 2.24) is 15.5 Å². The van der Waals surface area contributed by atoms with Crippen molar-refractivity contribution in [2.75, 3.05) is 26.3 Å². The molecule has 0 radical (unpaired) electrons. The van der Waals surface area contributed by atoms with E-state index < -0.39 is 46.5 Å². The molecule has 146 valence electrons. The summed E-state index contributed by atoms with van der Waals surface area (Å²) in [5.41, 5.74) is -1.14. The lowest BCUT2D eigenvalue weighted by Crippen LogP contribution is -2.57. The first-order valence-electron chi connectivity index (χ1n) is 8.71. The van der Waals surface area contributed by atoms with E-state index in [4.69, 9.17) is 4.74 Å². The molecule has 9 heteroatoms. The standard InChI is InChI=1S/C18H21F2N3O4/c1-11(24)21-15-9-23(17(26)13-8-12(19)2-3-14(13)20)10-18(22-16(15)25)4-6-27-7-5-18/h2-3,8,15H,4-7,9-10H2,1H3,(H,21,24)(H,22,25). The molecule has 0 bridgehead atoms. The van der Waals surface area contributed by atoms with E-state index in [0.29, 0.717) is 26.1 Å². The van der Waals surface area contributed by atoms with Gasteiger partial charge in [0.05, 0.1) is 17.6 Å². The number of halogens is 2. The molecule has 2 aliphatic rings. The maximum atomic E-state index is 14.1. The van der Waals surface area contributed by atoms with Crippen molar-refractivity contribution < 1.29 is 27.9 Å². The second kappa shape index (κ2) is 7.59. The third-order valence-corrected chi connectivity index (χ3v) is 4.87. The van der Waals surface area contributed by atoms with Crippen LogP contribution in [0.25, 0.3) is 0 Å². The largest absolute Gasteiger partial charge is 0.381 e. The van der Waals surface area contributed by atoms with Crippen LogP contribution in [0.1, 0.15) is 30.1 Å². The van der Waals surface area contributed by atoms with Gasteiger partial charge in [0.1, 0.15) is 17.7 Å². The Morgan fingerprint density at radius 3 is 2.67 bits per heavy atom. The first-order chi connectivity index (χ1) is 12.8. The zero-order valence-corrected chi connectivity index (χ0v) is 14.9. The van der Waals surface area contributed by atoms with Gasteiger partial charge in [0, 0.05) is 26.7 Å². The lowest BCUT2D eigenvalue weighted by molar-refractivity contribution is -0.129. The van der Waals surface area contributed by atoms with Gasteiger partial charge >= 0.3 is 0 Å². The summed E-state index contributed by atoms with van der Waals surface area (Å²) in [6.07, 6.45) is 0.946. The monoisotopic (exact) mass is 381 g/mol. The summed E-state index contributed by atoms with van der Waals surface area (Å²) in [4.78, 5) is 38.3. The van der Waals surface area contributed by atoms with E-state index in [1.54, 1.807) is 0 Å². The third-order valence-electron chi connectivity index (χ3n) is 4.87. The van der Waals surface area contributed by atoms with E-state index in [1.165, 1.54) is 11.8 Å². The Kier molecular flexibility index (Phi) is 5.41. The highest BCUT2D eigenvalue weighted by molar-refractivity contribution is 5.96. The predicted octanol–water partition coefficient (Wildman–Crippen LogP) is 0.591. The molecule has 2 fully saturated rings. The number of hydrogen-bond acceptors (Lipinski definition) is 4. The van der Waals surface area contributed by atoms with Gasteiger partial charge in [-0.05, 0) is 31.0 Å². The fourth-order valence-electron chi connectivity index (χ4n) is 3.51. The van der Waals surface area contributed by atoms with Gasteiger partial charge in [-0.2, -0.15) is 0 Å². The Labute approximate surface area is 155 Å². The molecular weight excluding hydrogens is 360 g/mol. The van der Waals surface area contributed by atoms with Crippen LogP contribution in [0.2, 0.25) is 0 Å². The topological polar surface area (TPSA) is 87.7 Å². The molecule has 1 spiro atoms. The van der Waals surface area contributed by atoms with Crippen molar-refractivity contribution in [3.63, 3.8) is 0 Å². The van der Waals surface area contributed by atoms with Gasteiger partial charge in [-0.25, -0.2) is 8.78 Å². The molecule has 2 N–H and O–H groups in total. The summed E-state index contributed by atoms with van der Waals surface area (Å²) in [6, 6.07) is 1.67. The highest BCUT2D eigenvalue weighted by atomic mass is 19.1. The van der Waals surface area contributed by atoms with Crippen LogP contribution in [0, 0.1) is 11.6 Å². The Morgan fingerprint density at radius 2 is 2.00 bits per heavy atom. The van der Waals surface area contributed by atoms with E-state index in [-0.39, 0.29) is 13.1 Å². The maximum absolute atomic E-state index is 14.1. The van der Waals surface area contributed by atoms with E-state index in [1.807, 2.05) is 0 Å². The molecule has 0 aliphatic carbocycles. The fourth-order valence-corrected chi connectivity index (χ4v) is 3.51. The molecule has 3 amide bonds. The van der Waals surface area contributed by atoms with Gasteiger partial charge in [0.2, 0.25) is 11.8 Å². The van der Waals surface area contributed by atoms with Crippen molar-refractivity contribution in [3.05, 3.63) is 35.4 Å². The average molecular weight is 381 g/mol. The number of hydrogen-bond donors (Lipinski definition) is 2. The van der Waals surface area contributed by atoms with Crippen LogP contribution in [-0.4, -0.2) is 60.5 Å². The van der Waals surface area contributed by atoms with Crippen molar-refractivity contribution in [2.45, 2.75) is 31.3 Å². The highest BCUT2D eigenvalue weighted by Gasteiger charge is 2.43. The summed E-state index contributed by atoms with van der Waals surface area (Å²) in [6.45, 7) is 2.06. The lowest BCUT2D eigenvalue weighted by atomic mass is 9.89. The van der Waals surface area contributed by atoms with Gasteiger partial charge in [-0.3, -0.25) is 14.4 Å². The van der Waals surface area contributed by atoms with Gasteiger partial charge < -0.3 is 20.3 Å². The minimum atomic E-state index is -0.981. The summed E-state index contributed by atoms with van der Waals surface area (Å²) in [7, 11) is 0. The molecular formula is C18H21F2N3O4. The first kappa shape index (κ1) is 19.2. The molecule has 3 rings (SSSR count). The van der Waals surface area contributed by atoms with Crippen molar-refractivity contribution in [2.24, 2.45) is 0 Å². The van der Waals surface area contributed by atoms with Crippen molar-refractivity contribution >= 4 is 17.7 Å². The summed E-state index contributed by atoms with van der Waals surface area (Å²) >= 11 is 0. The number of amides is 3. The number of rotatable bonds is 2. The molecule has 2 heterocycles. The zero-order valence-electron chi connectivity index (χ0n) is 14.9. The van der Waals surface area contributed by atoms with Crippen LogP contribution in [0.5, 0.6) is 0 Å². The number of nitrogens with one attached hydrogen (secondary N) is 2. The lowest BCUT2D eigenvalue weighted by Gasteiger charge is -2.39. The average Bonchev–Trinajstić information content (AvgIpc) is 2.74. The molecule has 1 aromatic carbocycles. The second-order valence-corrected chi connectivity index (χ2v) is 6.94. The number of carbonyl (C=O) groups is 3. The molecule has 2 aliphatic heterocycles. The number of benzene rings is 1. The minimum absolute atomic E-state index is 0.118. The van der Waals surface area contributed by atoms with Crippen molar-refractivity contribution in [3.8, 4) is 0 Å². The smallest absolute Gasteiger partial charge is 0.257 e. The van der Waals surface area contributed by atoms with Crippen LogP contribution < -0.4 is 10.6 Å². The van der Waals surface area contributed by atoms with Crippen molar-refractivity contribution in [1.29, 1.82) is 0 Å². The van der Waals surface area contributed by atoms with E-state index in [0.717, 1.165) is 18.2 Å². The Hall–Kier alpha value is -2.55. The molecule has 27 heavy (non-hydrogen) atoms. The second-order valence-electron chi connectivity index (χ2n) is 6.94. The Morgan fingerprint density at radius 1 is 1.30 bits per heavy atom. The normalized spacial score (nSPS) is 22.1. The molecule has 7 nitrogen and oxygen atoms in total. The molecule has 0 saturated carbocycles. The summed E-state index contributed by atoms with van der Waals surface area (Å²) in [5, 5.41) is 5.43. The van der Waals surface area contributed by atoms with Crippen LogP contribution in [0.4, 0.5) is 8.78 Å². The third kappa shape index (κ3) is 4.24. The van der Waals surface area contributed by atoms with Gasteiger partial charge in [-0.1, -0.05) is 0 Å². The Bertz CT molecular complexity index is 765. The summed E-state index contributed by atoms with van der Waals surface area (Å²) < 4.78 is 33.0.